The number of rotatable bonds is 63. The Morgan fingerprint density at radius 3 is 0.696 bits per heavy atom. The second-order valence-electron chi connectivity index (χ2n) is 25.3. The summed E-state index contributed by atoms with van der Waals surface area (Å²) in [5.74, 6) is -10.2. The van der Waals surface area contributed by atoms with E-state index in [1.807, 2.05) is 13.8 Å². The Morgan fingerprint density at radius 1 is 0.312 bits per heavy atom. The summed E-state index contributed by atoms with van der Waals surface area (Å²) in [4.78, 5) is 42.9. The van der Waals surface area contributed by atoms with Crippen LogP contribution in [-0.2, 0) is 80.9 Å². The summed E-state index contributed by atoms with van der Waals surface area (Å²) in [5, 5.41) is 12.0. The number of nitrogens with one attached hydrogen (secondary N) is 4. The third kappa shape index (κ3) is 45.3. The van der Waals surface area contributed by atoms with E-state index in [1.165, 1.54) is 36.4 Å². The van der Waals surface area contributed by atoms with Crippen LogP contribution in [0.2, 0.25) is 0 Å². The zero-order valence-electron chi connectivity index (χ0n) is 61.8. The average Bonchev–Trinajstić information content (AvgIpc) is 0.823. The standard InChI is InChI=1S/C64H102N4O36S8/c1-4-6-25-96-52-42-49(43-53(97-26-10-34-105(72,73)74)58(52)102-31-15-39-110(87,88)89)61(69)65-22-7-19-64(68-48(3)18-5-2,20-8-23-66-62(70)50-44-54(98-27-11-35-106(75,76)77)59(103-32-16-40-111(90,91)92)55(45-50)99-28-12-36-107(78,79)80)21-9-24-67-63(71)51-46-56(100-29-13-37-108(81,82)83)60(104-33-17-41-112(93,94)95)57(47-51)101-30-14-38-109(84,85)86/h42-47,68H,3-41H2,1-2H3,(H,65,69)(H,66,70)(H,67,71)(H,72,73,74)(H,75,76,77)(H,78,79,80)(H,81,82,83)(H,84,85,86)(H,87,88,89)(H,90,91,92)(H,93,94,95). The van der Waals surface area contributed by atoms with Gasteiger partial charge in [-0.15, -0.1) is 0 Å². The van der Waals surface area contributed by atoms with E-state index in [0.29, 0.717) is 31.4 Å². The maximum absolute atomic E-state index is 14.3. The van der Waals surface area contributed by atoms with Crippen LogP contribution >= 0.6 is 0 Å². The highest BCUT2D eigenvalue weighted by molar-refractivity contribution is 7.87. The Labute approximate surface area is 653 Å². The first kappa shape index (κ1) is 99.3. The highest BCUT2D eigenvalue weighted by atomic mass is 32.2. The minimum Gasteiger partial charge on any atom is -0.490 e. The molecule has 0 spiro atoms. The lowest BCUT2D eigenvalue weighted by Crippen LogP contribution is -2.46. The van der Waals surface area contributed by atoms with Gasteiger partial charge in [0.1, 0.15) is 0 Å². The van der Waals surface area contributed by atoms with Gasteiger partial charge in [0.25, 0.3) is 98.7 Å². The van der Waals surface area contributed by atoms with Crippen LogP contribution in [0.3, 0.4) is 0 Å². The highest BCUT2D eigenvalue weighted by Crippen LogP contribution is 2.43. The molecule has 3 aromatic carbocycles. The smallest absolute Gasteiger partial charge is 0.264 e. The maximum Gasteiger partial charge on any atom is 0.264 e. The zero-order chi connectivity index (χ0) is 84.0. The first-order valence-corrected chi connectivity index (χ1v) is 48.1. The average molecular weight is 1760 g/mol. The van der Waals surface area contributed by atoms with Crippen molar-refractivity contribution >= 4 is 98.7 Å². The van der Waals surface area contributed by atoms with E-state index in [2.05, 4.69) is 27.8 Å². The van der Waals surface area contributed by atoms with Crippen molar-refractivity contribution in [3.05, 3.63) is 65.4 Å². The predicted octanol–water partition coefficient (Wildman–Crippen LogP) is 4.69. The van der Waals surface area contributed by atoms with Crippen LogP contribution in [0.25, 0.3) is 0 Å². The van der Waals surface area contributed by atoms with Gasteiger partial charge in [-0.3, -0.25) is 50.8 Å². The molecule has 3 rings (SSSR count). The van der Waals surface area contributed by atoms with Crippen LogP contribution in [0.4, 0.5) is 0 Å². The van der Waals surface area contributed by atoms with E-state index in [-0.39, 0.29) is 198 Å². The Morgan fingerprint density at radius 2 is 0.509 bits per heavy atom. The normalized spacial score (nSPS) is 12.5. The van der Waals surface area contributed by atoms with Gasteiger partial charge in [0.05, 0.1) is 105 Å². The Balaban J connectivity index is 2.19. The van der Waals surface area contributed by atoms with Crippen molar-refractivity contribution in [1.29, 1.82) is 0 Å². The van der Waals surface area contributed by atoms with E-state index < -0.39 is 190 Å². The predicted molar refractivity (Wildman–Crippen MR) is 407 cm³/mol. The number of allylic oxidation sites excluding steroid dienone is 1. The molecule has 0 heterocycles. The van der Waals surface area contributed by atoms with Crippen LogP contribution in [0.15, 0.2) is 48.7 Å². The van der Waals surface area contributed by atoms with E-state index >= 15 is 0 Å². The van der Waals surface area contributed by atoms with Crippen LogP contribution in [-0.4, -0.2) is 252 Å². The summed E-state index contributed by atoms with van der Waals surface area (Å²) in [6.07, 6.45) is 0.966. The molecule has 0 aliphatic heterocycles. The lowest BCUT2D eigenvalue weighted by molar-refractivity contribution is 0.0944. The minimum atomic E-state index is -4.49. The molecule has 0 aliphatic carbocycles. The van der Waals surface area contributed by atoms with E-state index in [1.54, 1.807) is 0 Å². The van der Waals surface area contributed by atoms with Crippen LogP contribution in [0.1, 0.15) is 160 Å². The molecule has 12 N–H and O–H groups in total. The molecule has 642 valence electrons. The lowest BCUT2D eigenvalue weighted by Gasteiger charge is -2.37. The molecule has 0 aliphatic rings. The number of unbranched alkanes of at least 4 members (excludes halogenated alkanes) is 1. The Hall–Kier alpha value is -6.91. The second kappa shape index (κ2) is 47.8. The fourth-order valence-corrected chi connectivity index (χ4v) is 14.2. The van der Waals surface area contributed by atoms with E-state index in [4.69, 9.17) is 42.6 Å². The molecule has 3 aromatic rings. The van der Waals surface area contributed by atoms with Crippen molar-refractivity contribution in [1.82, 2.24) is 21.3 Å². The molecule has 112 heavy (non-hydrogen) atoms. The van der Waals surface area contributed by atoms with Gasteiger partial charge < -0.3 is 63.9 Å². The van der Waals surface area contributed by atoms with Crippen molar-refractivity contribution in [2.45, 2.75) is 135 Å². The molecule has 3 amide bonds. The quantitative estimate of drug-likeness (QED) is 0.0269. The first-order chi connectivity index (χ1) is 52.1. The molecule has 40 nitrogen and oxygen atoms in total. The Bertz CT molecular complexity index is 4200. The van der Waals surface area contributed by atoms with Crippen molar-refractivity contribution in [3.63, 3.8) is 0 Å². The summed E-state index contributed by atoms with van der Waals surface area (Å²) >= 11 is 0. The SMILES string of the molecule is C=C(CCC)NC(CCCNC(=O)c1cc(OCCCC)c(OCCCS(=O)(=O)O)c(OCCCS(=O)(=O)O)c1)(CCCNC(=O)c1cc(OCCCS(=O)(=O)O)c(OCCCS(=O)(=O)O)c(OCCCS(=O)(=O)O)c1)CCCNC(=O)c1cc(OCCCS(=O)(=O)O)c(OCCCS(=O)(=O)O)c(OCCCS(=O)(=O)O)c1. The molecule has 48 heteroatoms. The van der Waals surface area contributed by atoms with Crippen molar-refractivity contribution < 1.29 is 161 Å². The van der Waals surface area contributed by atoms with Gasteiger partial charge in [0.2, 0.25) is 17.2 Å². The monoisotopic (exact) mass is 1760 g/mol. The van der Waals surface area contributed by atoms with Crippen LogP contribution in [0, 0.1) is 0 Å². The number of benzene rings is 3. The van der Waals surface area contributed by atoms with Gasteiger partial charge in [0.15, 0.2) is 34.5 Å². The van der Waals surface area contributed by atoms with Crippen molar-refractivity contribution in [2.75, 3.05) is 125 Å². The molecule has 0 saturated carbocycles. The number of amides is 3. The first-order valence-electron chi connectivity index (χ1n) is 35.2. The summed E-state index contributed by atoms with van der Waals surface area (Å²) in [6, 6.07) is 7.26. The number of hydrogen-bond acceptors (Lipinski definition) is 29. The number of hydrogen-bond donors (Lipinski definition) is 12. The van der Waals surface area contributed by atoms with Gasteiger partial charge in [-0.1, -0.05) is 33.3 Å². The van der Waals surface area contributed by atoms with Gasteiger partial charge >= 0.3 is 0 Å². The third-order valence-corrected chi connectivity index (χ3v) is 21.8. The van der Waals surface area contributed by atoms with E-state index in [9.17, 15) is 118 Å². The fraction of sp³-hybridized carbons (Fsp3) is 0.641. The second-order valence-corrected chi connectivity index (χ2v) is 37.9. The van der Waals surface area contributed by atoms with Gasteiger partial charge in [-0.05, 0) is 139 Å². The highest BCUT2D eigenvalue weighted by Gasteiger charge is 2.31. The fourth-order valence-electron chi connectivity index (χ4n) is 10.4. The summed E-state index contributed by atoms with van der Waals surface area (Å²) < 4.78 is 313. The summed E-state index contributed by atoms with van der Waals surface area (Å²) in [6.45, 7) is 4.62. The molecule has 0 radical (unpaired) electrons. The van der Waals surface area contributed by atoms with Crippen LogP contribution < -0.4 is 63.9 Å². The number of ether oxygens (including phenoxy) is 9. The molecular weight excluding hydrogens is 1660 g/mol. The molecule has 0 saturated heterocycles. The summed E-state index contributed by atoms with van der Waals surface area (Å²) in [5.41, 5.74) is -0.926. The molecule has 0 atom stereocenters. The molecular formula is C64H102N4O36S8. The topological polar surface area (TPSA) is 617 Å². The maximum atomic E-state index is 14.3. The molecule has 0 aromatic heterocycles. The van der Waals surface area contributed by atoms with Crippen molar-refractivity contribution in [2.24, 2.45) is 0 Å². The van der Waals surface area contributed by atoms with Gasteiger partial charge in [0, 0.05) is 47.6 Å². The summed E-state index contributed by atoms with van der Waals surface area (Å²) in [7, 11) is -35.8. The lowest BCUT2D eigenvalue weighted by atomic mass is 9.83. The Kier molecular flexibility index (Phi) is 42.4. The number of carbonyl (C=O) groups excluding carboxylic acids is 3. The van der Waals surface area contributed by atoms with Crippen molar-refractivity contribution in [3.8, 4) is 51.7 Å². The minimum absolute atomic E-state index is 0.0280. The van der Waals surface area contributed by atoms with E-state index in [0.717, 1.165) is 0 Å². The number of carbonyl (C=O) groups is 3. The van der Waals surface area contributed by atoms with Gasteiger partial charge in [-0.2, -0.15) is 67.3 Å². The third-order valence-electron chi connectivity index (χ3n) is 15.4. The molecule has 0 bridgehead atoms. The molecule has 0 fully saturated rings. The zero-order valence-corrected chi connectivity index (χ0v) is 68.3. The largest absolute Gasteiger partial charge is 0.490 e. The van der Waals surface area contributed by atoms with Gasteiger partial charge in [-0.25, -0.2) is 0 Å². The molecule has 0 unspecified atom stereocenters. The van der Waals surface area contributed by atoms with Crippen LogP contribution in [0.5, 0.6) is 51.7 Å².